The molecule has 1 heterocycles. The molecule has 2 aromatic rings. The fourth-order valence-electron chi connectivity index (χ4n) is 3.60. The molecule has 0 saturated heterocycles. The molecular formula is C20H28N4O3. The summed E-state index contributed by atoms with van der Waals surface area (Å²) in [6, 6.07) is 7.72. The second-order valence-electron chi connectivity index (χ2n) is 8.29. The van der Waals surface area contributed by atoms with Crippen molar-refractivity contribution in [3.05, 3.63) is 30.0 Å². The predicted octanol–water partition coefficient (Wildman–Crippen LogP) is 3.06. The maximum Gasteiger partial charge on any atom is 0.407 e. The fraction of sp³-hybridized carbons (Fsp3) is 0.550. The first kappa shape index (κ1) is 19.2. The van der Waals surface area contributed by atoms with Crippen molar-refractivity contribution >= 4 is 22.9 Å². The molecule has 7 nitrogen and oxygen atoms in total. The van der Waals surface area contributed by atoms with Crippen molar-refractivity contribution in [3.63, 3.8) is 0 Å². The van der Waals surface area contributed by atoms with Gasteiger partial charge >= 0.3 is 6.09 Å². The summed E-state index contributed by atoms with van der Waals surface area (Å²) < 4.78 is 5.30. The maximum atomic E-state index is 12.7. The minimum atomic E-state index is -0.544. The highest BCUT2D eigenvalue weighted by atomic mass is 16.6. The summed E-state index contributed by atoms with van der Waals surface area (Å²) in [5.41, 5.74) is 0.695. The molecule has 0 spiro atoms. The molecule has 7 heteroatoms. The van der Waals surface area contributed by atoms with E-state index in [2.05, 4.69) is 20.8 Å². The smallest absolute Gasteiger partial charge is 0.407 e. The van der Waals surface area contributed by atoms with Crippen molar-refractivity contribution in [1.82, 2.24) is 20.8 Å². The summed E-state index contributed by atoms with van der Waals surface area (Å²) in [6.45, 7) is 5.86. The van der Waals surface area contributed by atoms with Crippen LogP contribution in [0.3, 0.4) is 0 Å². The molecule has 1 saturated carbocycles. The van der Waals surface area contributed by atoms with Gasteiger partial charge < -0.3 is 15.4 Å². The number of benzene rings is 1. The molecule has 1 aliphatic carbocycles. The second kappa shape index (κ2) is 7.58. The van der Waals surface area contributed by atoms with Gasteiger partial charge in [0.25, 0.3) is 0 Å². The highest BCUT2D eigenvalue weighted by Crippen LogP contribution is 2.29. The van der Waals surface area contributed by atoms with Gasteiger partial charge in [0.1, 0.15) is 5.60 Å². The lowest BCUT2D eigenvalue weighted by Crippen LogP contribution is -2.54. The van der Waals surface area contributed by atoms with E-state index < -0.39 is 17.2 Å². The van der Waals surface area contributed by atoms with Gasteiger partial charge in [-0.25, -0.2) is 4.79 Å². The highest BCUT2D eigenvalue weighted by Gasteiger charge is 2.36. The zero-order chi connectivity index (χ0) is 19.5. The molecule has 0 unspecified atom stereocenters. The minimum absolute atomic E-state index is 0.0720. The van der Waals surface area contributed by atoms with E-state index in [9.17, 15) is 9.59 Å². The Morgan fingerprint density at radius 1 is 1.22 bits per heavy atom. The van der Waals surface area contributed by atoms with Crippen molar-refractivity contribution < 1.29 is 14.3 Å². The number of carbonyl (C=O) groups is 2. The van der Waals surface area contributed by atoms with Crippen LogP contribution in [0.5, 0.6) is 0 Å². The fourth-order valence-corrected chi connectivity index (χ4v) is 3.60. The lowest BCUT2D eigenvalue weighted by atomic mass is 9.97. The number of alkyl carbamates (subject to hydrolysis) is 1. The van der Waals surface area contributed by atoms with Gasteiger partial charge in [0.2, 0.25) is 5.91 Å². The average molecular weight is 372 g/mol. The molecule has 1 fully saturated rings. The number of aromatic amines is 1. The van der Waals surface area contributed by atoms with Crippen LogP contribution >= 0.6 is 0 Å². The molecule has 2 amide bonds. The molecule has 146 valence electrons. The topological polar surface area (TPSA) is 96.1 Å². The third kappa shape index (κ3) is 4.99. The molecule has 27 heavy (non-hydrogen) atoms. The standard InChI is InChI=1S/C20H28N4O3/c1-19(2,3)27-18(26)21-13-20(10-6-7-11-20)22-17(25)12-16-14-8-4-5-9-15(14)23-24-16/h4-5,8-9H,6-7,10-13H2,1-3H3,(H,21,26)(H,22,25)(H,23,24). The van der Waals surface area contributed by atoms with Gasteiger partial charge in [0.05, 0.1) is 23.2 Å². The van der Waals surface area contributed by atoms with Gasteiger partial charge in [-0.3, -0.25) is 9.89 Å². The number of hydrogen-bond donors (Lipinski definition) is 3. The summed E-state index contributed by atoms with van der Waals surface area (Å²) in [5, 5.41) is 14.1. The van der Waals surface area contributed by atoms with Crippen molar-refractivity contribution in [2.75, 3.05) is 6.54 Å². The number of nitrogens with zero attached hydrogens (tertiary/aromatic N) is 1. The lowest BCUT2D eigenvalue weighted by Gasteiger charge is -2.31. The zero-order valence-corrected chi connectivity index (χ0v) is 16.2. The van der Waals surface area contributed by atoms with E-state index in [1.807, 2.05) is 45.0 Å². The van der Waals surface area contributed by atoms with Crippen LogP contribution in [0.15, 0.2) is 24.3 Å². The van der Waals surface area contributed by atoms with Crippen LogP contribution in [0.4, 0.5) is 4.79 Å². The van der Waals surface area contributed by atoms with Crippen LogP contribution in [0.1, 0.15) is 52.1 Å². The largest absolute Gasteiger partial charge is 0.444 e. The summed E-state index contributed by atoms with van der Waals surface area (Å²) in [7, 11) is 0. The minimum Gasteiger partial charge on any atom is -0.444 e. The van der Waals surface area contributed by atoms with E-state index in [1.165, 1.54) is 0 Å². The molecule has 0 bridgehead atoms. The highest BCUT2D eigenvalue weighted by molar-refractivity contribution is 5.87. The summed E-state index contributed by atoms with van der Waals surface area (Å²) >= 11 is 0. The van der Waals surface area contributed by atoms with Gasteiger partial charge in [0.15, 0.2) is 0 Å². The number of aromatic nitrogens is 2. The molecule has 1 aromatic heterocycles. The summed E-state index contributed by atoms with van der Waals surface area (Å²) in [6.07, 6.45) is 3.53. The SMILES string of the molecule is CC(C)(C)OC(=O)NCC1(NC(=O)Cc2[nH]nc3ccccc23)CCCC1. The Morgan fingerprint density at radius 3 is 2.63 bits per heavy atom. The first-order valence-corrected chi connectivity index (χ1v) is 9.46. The normalized spacial score (nSPS) is 16.3. The number of H-pyrrole nitrogens is 1. The maximum absolute atomic E-state index is 12.7. The molecule has 0 atom stereocenters. The van der Waals surface area contributed by atoms with Crippen molar-refractivity contribution in [2.45, 2.75) is 64.0 Å². The Labute approximate surface area is 159 Å². The Bertz CT molecular complexity index is 816. The molecule has 0 aliphatic heterocycles. The Hall–Kier alpha value is -2.57. The Kier molecular flexibility index (Phi) is 5.39. The number of nitrogens with one attached hydrogen (secondary N) is 3. The number of carbonyl (C=O) groups excluding carboxylic acids is 2. The van der Waals surface area contributed by atoms with E-state index in [4.69, 9.17) is 4.74 Å². The van der Waals surface area contributed by atoms with Crippen LogP contribution in [0.25, 0.3) is 10.9 Å². The molecule has 3 rings (SSSR count). The monoisotopic (exact) mass is 372 g/mol. The Morgan fingerprint density at radius 2 is 1.93 bits per heavy atom. The van der Waals surface area contributed by atoms with Crippen molar-refractivity contribution in [1.29, 1.82) is 0 Å². The average Bonchev–Trinajstić information content (AvgIpc) is 3.20. The van der Waals surface area contributed by atoms with E-state index >= 15 is 0 Å². The molecule has 1 aromatic carbocycles. The van der Waals surface area contributed by atoms with E-state index in [0.29, 0.717) is 6.54 Å². The lowest BCUT2D eigenvalue weighted by molar-refractivity contribution is -0.122. The van der Waals surface area contributed by atoms with Gasteiger partial charge in [-0.15, -0.1) is 0 Å². The molecule has 3 N–H and O–H groups in total. The number of hydrogen-bond acceptors (Lipinski definition) is 4. The number of fused-ring (bicyclic) bond motifs is 1. The molecular weight excluding hydrogens is 344 g/mol. The van der Waals surface area contributed by atoms with Gasteiger partial charge in [-0.1, -0.05) is 31.0 Å². The van der Waals surface area contributed by atoms with E-state index in [0.717, 1.165) is 42.3 Å². The number of rotatable bonds is 5. The van der Waals surface area contributed by atoms with Crippen LogP contribution in [0.2, 0.25) is 0 Å². The first-order chi connectivity index (χ1) is 12.8. The van der Waals surface area contributed by atoms with Crippen LogP contribution in [-0.2, 0) is 16.0 Å². The second-order valence-corrected chi connectivity index (χ2v) is 8.29. The number of amides is 2. The van der Waals surface area contributed by atoms with E-state index in [-0.39, 0.29) is 12.3 Å². The van der Waals surface area contributed by atoms with Crippen LogP contribution in [-0.4, -0.2) is 39.9 Å². The zero-order valence-electron chi connectivity index (χ0n) is 16.2. The van der Waals surface area contributed by atoms with Crippen molar-refractivity contribution in [2.24, 2.45) is 0 Å². The van der Waals surface area contributed by atoms with Gasteiger partial charge in [0, 0.05) is 11.9 Å². The Balaban J connectivity index is 1.61. The summed E-state index contributed by atoms with van der Waals surface area (Å²) in [5.74, 6) is -0.0720. The van der Waals surface area contributed by atoms with Crippen molar-refractivity contribution in [3.8, 4) is 0 Å². The summed E-state index contributed by atoms with van der Waals surface area (Å²) in [4.78, 5) is 24.7. The van der Waals surface area contributed by atoms with E-state index in [1.54, 1.807) is 0 Å². The molecule has 1 aliphatic rings. The van der Waals surface area contributed by atoms with Crippen LogP contribution in [0, 0.1) is 0 Å². The predicted molar refractivity (Wildman–Crippen MR) is 103 cm³/mol. The van der Waals surface area contributed by atoms with Gasteiger partial charge in [-0.2, -0.15) is 5.10 Å². The van der Waals surface area contributed by atoms with Gasteiger partial charge in [-0.05, 0) is 39.7 Å². The third-order valence-electron chi connectivity index (χ3n) is 4.81. The molecule has 0 radical (unpaired) electrons. The quantitative estimate of drug-likeness (QED) is 0.751. The first-order valence-electron chi connectivity index (χ1n) is 9.46. The number of para-hydroxylation sites is 1. The van der Waals surface area contributed by atoms with Crippen LogP contribution < -0.4 is 10.6 Å². The third-order valence-corrected chi connectivity index (χ3v) is 4.81. The number of ether oxygens (including phenoxy) is 1.